The van der Waals surface area contributed by atoms with E-state index in [1.165, 1.54) is 23.9 Å². The Morgan fingerprint density at radius 3 is 2.39 bits per heavy atom. The van der Waals surface area contributed by atoms with Crippen LogP contribution < -0.4 is 10.9 Å². The molecule has 0 bridgehead atoms. The topological polar surface area (TPSA) is 117 Å². The van der Waals surface area contributed by atoms with Crippen LogP contribution in [0.2, 0.25) is 0 Å². The van der Waals surface area contributed by atoms with Crippen LogP contribution >= 0.6 is 0 Å². The summed E-state index contributed by atoms with van der Waals surface area (Å²) < 4.78 is 11.0. The average Bonchev–Trinajstić information content (AvgIpc) is 2.79. The monoisotopic (exact) mass is 423 g/mol. The van der Waals surface area contributed by atoms with Gasteiger partial charge in [0.2, 0.25) is 0 Å². The second kappa shape index (κ2) is 9.66. The van der Waals surface area contributed by atoms with Crippen LogP contribution in [-0.4, -0.2) is 41.3 Å². The van der Waals surface area contributed by atoms with Crippen molar-refractivity contribution >= 4 is 34.3 Å². The average molecular weight is 423 g/mol. The number of aryl methyl sites for hydroxylation is 1. The minimum absolute atomic E-state index is 0.0496. The van der Waals surface area contributed by atoms with Crippen LogP contribution in [0.4, 0.5) is 5.69 Å². The van der Waals surface area contributed by atoms with Gasteiger partial charge in [0.15, 0.2) is 12.3 Å². The first-order valence-corrected chi connectivity index (χ1v) is 9.60. The molecule has 9 nitrogen and oxygen atoms in total. The van der Waals surface area contributed by atoms with Gasteiger partial charge in [0.05, 0.1) is 23.7 Å². The summed E-state index contributed by atoms with van der Waals surface area (Å²) in [6.07, 6.45) is 0.655. The highest BCUT2D eigenvalue weighted by molar-refractivity contribution is 6.04. The van der Waals surface area contributed by atoms with Crippen LogP contribution in [0, 0.1) is 0 Å². The van der Waals surface area contributed by atoms with E-state index in [4.69, 9.17) is 4.74 Å². The number of aromatic nitrogens is 2. The van der Waals surface area contributed by atoms with Crippen molar-refractivity contribution in [3.63, 3.8) is 0 Å². The molecule has 9 heteroatoms. The van der Waals surface area contributed by atoms with Gasteiger partial charge in [0, 0.05) is 11.9 Å². The lowest BCUT2D eigenvalue weighted by Crippen LogP contribution is -2.28. The first-order valence-electron chi connectivity index (χ1n) is 9.60. The molecule has 3 rings (SSSR count). The highest BCUT2D eigenvalue weighted by Crippen LogP contribution is 2.17. The highest BCUT2D eigenvalue weighted by Gasteiger charge is 2.20. The van der Waals surface area contributed by atoms with Crippen LogP contribution in [0.1, 0.15) is 34.2 Å². The standard InChI is InChI=1S/C22H21N3O6/c1-3-12-25-20(27)15-9-5-4-8-14(15)19(24-25)22(29)31-13-18(26)23-17-11-7-6-10-16(17)21(28)30-2/h4-11H,3,12-13H2,1-2H3,(H,23,26). The molecule has 0 unspecified atom stereocenters. The van der Waals surface area contributed by atoms with Gasteiger partial charge in [-0.15, -0.1) is 0 Å². The largest absolute Gasteiger partial charge is 0.465 e. The van der Waals surface area contributed by atoms with E-state index in [1.54, 1.807) is 36.4 Å². The number of carbonyl (C=O) groups is 3. The molecular formula is C22H21N3O6. The Morgan fingerprint density at radius 1 is 1.00 bits per heavy atom. The van der Waals surface area contributed by atoms with Gasteiger partial charge < -0.3 is 14.8 Å². The number of nitrogens with one attached hydrogen (secondary N) is 1. The molecule has 0 fully saturated rings. The Balaban J connectivity index is 1.78. The lowest BCUT2D eigenvalue weighted by Gasteiger charge is -2.11. The fourth-order valence-electron chi connectivity index (χ4n) is 3.02. The Kier molecular flexibility index (Phi) is 6.76. The van der Waals surface area contributed by atoms with Crippen molar-refractivity contribution in [3.8, 4) is 0 Å². The van der Waals surface area contributed by atoms with E-state index >= 15 is 0 Å². The fourth-order valence-corrected chi connectivity index (χ4v) is 3.02. The lowest BCUT2D eigenvalue weighted by molar-refractivity contribution is -0.119. The molecular weight excluding hydrogens is 402 g/mol. The molecule has 0 saturated carbocycles. The minimum Gasteiger partial charge on any atom is -0.465 e. The number of fused-ring (bicyclic) bond motifs is 1. The molecule has 0 radical (unpaired) electrons. The van der Waals surface area contributed by atoms with Crippen molar-refractivity contribution in [2.75, 3.05) is 19.0 Å². The summed E-state index contributed by atoms with van der Waals surface area (Å²) in [7, 11) is 1.23. The van der Waals surface area contributed by atoms with Crippen molar-refractivity contribution < 1.29 is 23.9 Å². The highest BCUT2D eigenvalue weighted by atomic mass is 16.5. The van der Waals surface area contributed by atoms with Crippen molar-refractivity contribution in [3.05, 3.63) is 70.1 Å². The summed E-state index contributed by atoms with van der Waals surface area (Å²) in [5.74, 6) is -2.09. The fraction of sp³-hybridized carbons (Fsp3) is 0.227. The molecule has 0 saturated heterocycles. The number of nitrogens with zero attached hydrogens (tertiary/aromatic N) is 2. The quantitative estimate of drug-likeness (QED) is 0.580. The number of para-hydroxylation sites is 1. The molecule has 1 N–H and O–H groups in total. The zero-order valence-corrected chi connectivity index (χ0v) is 17.1. The normalized spacial score (nSPS) is 10.5. The van der Waals surface area contributed by atoms with E-state index in [0.29, 0.717) is 23.7 Å². The van der Waals surface area contributed by atoms with E-state index in [-0.39, 0.29) is 22.5 Å². The summed E-state index contributed by atoms with van der Waals surface area (Å²) in [6.45, 7) is 1.63. The first-order chi connectivity index (χ1) is 15.0. The van der Waals surface area contributed by atoms with E-state index < -0.39 is 24.5 Å². The Morgan fingerprint density at radius 2 is 1.68 bits per heavy atom. The predicted octanol–water partition coefficient (Wildman–Crippen LogP) is 2.39. The molecule has 2 aromatic carbocycles. The molecule has 3 aromatic rings. The number of hydrogen-bond donors (Lipinski definition) is 1. The number of rotatable bonds is 7. The van der Waals surface area contributed by atoms with Gasteiger partial charge >= 0.3 is 11.9 Å². The molecule has 0 aliphatic carbocycles. The summed E-state index contributed by atoms with van der Waals surface area (Å²) in [5.41, 5.74) is 0.0528. The molecule has 160 valence electrons. The Labute approximate surface area is 177 Å². The number of amides is 1. The first kappa shape index (κ1) is 21.7. The number of esters is 2. The summed E-state index contributed by atoms with van der Waals surface area (Å²) in [4.78, 5) is 49.3. The molecule has 1 aromatic heterocycles. The van der Waals surface area contributed by atoms with Gasteiger partial charge in [-0.05, 0) is 24.6 Å². The molecule has 31 heavy (non-hydrogen) atoms. The van der Waals surface area contributed by atoms with Crippen LogP contribution in [0.5, 0.6) is 0 Å². The molecule has 0 atom stereocenters. The van der Waals surface area contributed by atoms with Crippen molar-refractivity contribution in [2.45, 2.75) is 19.9 Å². The maximum absolute atomic E-state index is 12.7. The summed E-state index contributed by atoms with van der Waals surface area (Å²) in [5, 5.41) is 7.35. The number of methoxy groups -OCH3 is 1. The maximum Gasteiger partial charge on any atom is 0.359 e. The summed E-state index contributed by atoms with van der Waals surface area (Å²) in [6, 6.07) is 12.9. The van der Waals surface area contributed by atoms with E-state index in [0.717, 1.165) is 0 Å². The predicted molar refractivity (Wildman–Crippen MR) is 113 cm³/mol. The maximum atomic E-state index is 12.7. The van der Waals surface area contributed by atoms with Gasteiger partial charge in [-0.3, -0.25) is 9.59 Å². The van der Waals surface area contributed by atoms with E-state index in [1.807, 2.05) is 6.92 Å². The van der Waals surface area contributed by atoms with E-state index in [9.17, 15) is 19.2 Å². The van der Waals surface area contributed by atoms with Crippen molar-refractivity contribution in [2.24, 2.45) is 0 Å². The lowest BCUT2D eigenvalue weighted by atomic mass is 10.1. The molecule has 1 heterocycles. The van der Waals surface area contributed by atoms with Crippen LogP contribution in [0.15, 0.2) is 53.3 Å². The van der Waals surface area contributed by atoms with Gasteiger partial charge in [0.1, 0.15) is 0 Å². The van der Waals surface area contributed by atoms with Crippen molar-refractivity contribution in [1.82, 2.24) is 9.78 Å². The third-order valence-corrected chi connectivity index (χ3v) is 4.44. The van der Waals surface area contributed by atoms with Crippen LogP contribution in [-0.2, 0) is 20.8 Å². The third-order valence-electron chi connectivity index (χ3n) is 4.44. The molecule has 1 amide bonds. The minimum atomic E-state index is -0.836. The molecule has 0 aliphatic heterocycles. The number of ether oxygens (including phenoxy) is 2. The smallest absolute Gasteiger partial charge is 0.359 e. The van der Waals surface area contributed by atoms with Gasteiger partial charge in [-0.25, -0.2) is 14.3 Å². The van der Waals surface area contributed by atoms with Gasteiger partial charge in [-0.1, -0.05) is 37.3 Å². The van der Waals surface area contributed by atoms with E-state index in [2.05, 4.69) is 15.2 Å². The SMILES string of the molecule is CCCn1nc(C(=O)OCC(=O)Nc2ccccc2C(=O)OC)c2ccccc2c1=O. The second-order valence-corrected chi connectivity index (χ2v) is 6.58. The number of hydrogen-bond acceptors (Lipinski definition) is 7. The number of benzene rings is 2. The van der Waals surface area contributed by atoms with Crippen LogP contribution in [0.3, 0.4) is 0 Å². The molecule has 0 spiro atoms. The zero-order valence-electron chi connectivity index (χ0n) is 17.1. The zero-order chi connectivity index (χ0) is 22.4. The van der Waals surface area contributed by atoms with Gasteiger partial charge in [-0.2, -0.15) is 5.10 Å². The summed E-state index contributed by atoms with van der Waals surface area (Å²) >= 11 is 0. The molecule has 0 aliphatic rings. The third kappa shape index (κ3) is 4.77. The number of carbonyl (C=O) groups excluding carboxylic acids is 3. The Bertz CT molecular complexity index is 1200. The number of anilines is 1. The van der Waals surface area contributed by atoms with Crippen molar-refractivity contribution in [1.29, 1.82) is 0 Å². The van der Waals surface area contributed by atoms with Crippen LogP contribution in [0.25, 0.3) is 10.8 Å². The Hall–Kier alpha value is -4.01. The second-order valence-electron chi connectivity index (χ2n) is 6.58. The van der Waals surface area contributed by atoms with Gasteiger partial charge in [0.25, 0.3) is 11.5 Å².